The number of pyridine rings is 1. The summed E-state index contributed by atoms with van der Waals surface area (Å²) < 4.78 is 14.9. The van der Waals surface area contributed by atoms with Crippen LogP contribution in [0.1, 0.15) is 35.9 Å². The number of ether oxygens (including phenoxy) is 1. The highest BCUT2D eigenvalue weighted by Gasteiger charge is 2.28. The van der Waals surface area contributed by atoms with Gasteiger partial charge in [0, 0.05) is 38.7 Å². The lowest BCUT2D eigenvalue weighted by Gasteiger charge is -2.33. The van der Waals surface area contributed by atoms with Crippen LogP contribution in [-0.2, 0) is 17.8 Å². The number of amides is 1. The highest BCUT2D eigenvalue weighted by atomic mass is 16.5. The van der Waals surface area contributed by atoms with Gasteiger partial charge in [0.05, 0.1) is 11.8 Å². The van der Waals surface area contributed by atoms with Crippen LogP contribution < -0.4 is 5.32 Å². The average Bonchev–Trinajstić information content (AvgIpc) is 3.52. The lowest BCUT2D eigenvalue weighted by Crippen LogP contribution is -2.31. The highest BCUT2D eigenvalue weighted by molar-refractivity contribution is 5.92. The van der Waals surface area contributed by atoms with Crippen LogP contribution in [0.4, 0.5) is 0 Å². The van der Waals surface area contributed by atoms with Gasteiger partial charge in [0.1, 0.15) is 12.1 Å². The Morgan fingerprint density at radius 2 is 2.03 bits per heavy atom. The Morgan fingerprint density at radius 1 is 1.16 bits per heavy atom. The summed E-state index contributed by atoms with van der Waals surface area (Å²) in [5.41, 5.74) is 2.72. The Labute approximate surface area is 179 Å². The van der Waals surface area contributed by atoms with Gasteiger partial charge in [-0.05, 0) is 42.0 Å². The molecular formula is C22H24N6O3. The van der Waals surface area contributed by atoms with Crippen molar-refractivity contribution in [2.24, 2.45) is 5.41 Å². The Morgan fingerprint density at radius 3 is 2.90 bits per heavy atom. The molecule has 4 aromatic rings. The predicted octanol–water partition coefficient (Wildman–Crippen LogP) is 2.93. The molecule has 0 spiro atoms. The number of fused-ring (bicyclic) bond motifs is 1. The number of furan rings is 1. The van der Waals surface area contributed by atoms with Gasteiger partial charge in [-0.3, -0.25) is 9.48 Å². The zero-order chi connectivity index (χ0) is 21.3. The second-order valence-electron chi connectivity index (χ2n) is 8.30. The van der Waals surface area contributed by atoms with Crippen LogP contribution in [0.25, 0.3) is 17.0 Å². The molecule has 160 valence electrons. The van der Waals surface area contributed by atoms with Gasteiger partial charge < -0.3 is 14.5 Å². The molecule has 9 nitrogen and oxygen atoms in total. The van der Waals surface area contributed by atoms with Gasteiger partial charge in [0.2, 0.25) is 0 Å². The van der Waals surface area contributed by atoms with Crippen molar-refractivity contribution in [3.8, 4) is 11.3 Å². The van der Waals surface area contributed by atoms with Gasteiger partial charge in [0.25, 0.3) is 5.91 Å². The van der Waals surface area contributed by atoms with Gasteiger partial charge in [-0.2, -0.15) is 10.2 Å². The SMILES string of the molecule is CC1(Cn2cc(-c3ccc(C(=O)NCc4ccc5ncnn5c4)o3)cn2)CCOCC1. The number of rotatable bonds is 6. The van der Waals surface area contributed by atoms with E-state index in [-0.39, 0.29) is 17.1 Å². The average molecular weight is 420 g/mol. The topological polar surface area (TPSA) is 99.5 Å². The summed E-state index contributed by atoms with van der Waals surface area (Å²) in [4.78, 5) is 16.6. The van der Waals surface area contributed by atoms with Crippen molar-refractivity contribution >= 4 is 11.6 Å². The predicted molar refractivity (Wildman–Crippen MR) is 112 cm³/mol. The van der Waals surface area contributed by atoms with E-state index in [0.717, 1.165) is 49.4 Å². The van der Waals surface area contributed by atoms with E-state index in [1.807, 2.05) is 29.2 Å². The fraction of sp³-hybridized carbons (Fsp3) is 0.364. The van der Waals surface area contributed by atoms with E-state index in [9.17, 15) is 4.79 Å². The normalized spacial score (nSPS) is 15.9. The first-order valence-corrected chi connectivity index (χ1v) is 10.3. The number of carbonyl (C=O) groups excluding carboxylic acids is 1. The van der Waals surface area contributed by atoms with E-state index >= 15 is 0 Å². The number of hydrogen-bond donors (Lipinski definition) is 1. The summed E-state index contributed by atoms with van der Waals surface area (Å²) in [6, 6.07) is 7.25. The number of hydrogen-bond acceptors (Lipinski definition) is 6. The van der Waals surface area contributed by atoms with Crippen LogP contribution in [0.15, 0.2) is 53.6 Å². The first kappa shape index (κ1) is 19.5. The monoisotopic (exact) mass is 420 g/mol. The van der Waals surface area contributed by atoms with Crippen molar-refractivity contribution in [2.45, 2.75) is 32.9 Å². The summed E-state index contributed by atoms with van der Waals surface area (Å²) in [7, 11) is 0. The van der Waals surface area contributed by atoms with Crippen LogP contribution in [0, 0.1) is 5.41 Å². The second kappa shape index (κ2) is 7.99. The molecule has 0 aliphatic carbocycles. The van der Waals surface area contributed by atoms with Crippen LogP contribution >= 0.6 is 0 Å². The van der Waals surface area contributed by atoms with Gasteiger partial charge in [-0.25, -0.2) is 9.50 Å². The lowest BCUT2D eigenvalue weighted by molar-refractivity contribution is 0.0138. The molecule has 1 N–H and O–H groups in total. The Bertz CT molecular complexity index is 1200. The molecule has 9 heteroatoms. The van der Waals surface area contributed by atoms with Crippen molar-refractivity contribution in [2.75, 3.05) is 13.2 Å². The highest BCUT2D eigenvalue weighted by Crippen LogP contribution is 2.32. The molecule has 0 aromatic carbocycles. The number of nitrogens with one attached hydrogen (secondary N) is 1. The number of aromatic nitrogens is 5. The molecule has 0 saturated carbocycles. The lowest BCUT2D eigenvalue weighted by atomic mass is 9.82. The van der Waals surface area contributed by atoms with Crippen molar-refractivity contribution < 1.29 is 13.9 Å². The molecule has 1 amide bonds. The molecule has 1 aliphatic rings. The zero-order valence-electron chi connectivity index (χ0n) is 17.3. The first-order chi connectivity index (χ1) is 15.1. The largest absolute Gasteiger partial charge is 0.451 e. The quantitative estimate of drug-likeness (QED) is 0.515. The third-order valence-corrected chi connectivity index (χ3v) is 5.78. The van der Waals surface area contributed by atoms with E-state index in [1.165, 1.54) is 6.33 Å². The minimum absolute atomic E-state index is 0.186. The molecule has 5 rings (SSSR count). The third-order valence-electron chi connectivity index (χ3n) is 5.78. The fourth-order valence-electron chi connectivity index (χ4n) is 3.84. The smallest absolute Gasteiger partial charge is 0.287 e. The van der Waals surface area contributed by atoms with Crippen molar-refractivity contribution in [3.63, 3.8) is 0 Å². The Hall–Kier alpha value is -3.46. The Balaban J connectivity index is 1.22. The molecule has 0 radical (unpaired) electrons. The van der Waals surface area contributed by atoms with Crippen molar-refractivity contribution in [3.05, 3.63) is 60.5 Å². The van der Waals surface area contributed by atoms with Crippen LogP contribution in [-0.4, -0.2) is 43.5 Å². The molecule has 1 aliphatic heterocycles. The van der Waals surface area contributed by atoms with Crippen LogP contribution in [0.2, 0.25) is 0 Å². The maximum Gasteiger partial charge on any atom is 0.287 e. The van der Waals surface area contributed by atoms with Crippen molar-refractivity contribution in [1.82, 2.24) is 29.7 Å². The molecule has 1 fully saturated rings. The summed E-state index contributed by atoms with van der Waals surface area (Å²) in [6.07, 6.45) is 9.12. The first-order valence-electron chi connectivity index (χ1n) is 10.3. The minimum atomic E-state index is -0.271. The second-order valence-corrected chi connectivity index (χ2v) is 8.30. The molecule has 0 atom stereocenters. The zero-order valence-corrected chi connectivity index (χ0v) is 17.3. The Kier molecular flexibility index (Phi) is 5.03. The molecule has 4 aromatic heterocycles. The molecule has 1 saturated heterocycles. The summed E-state index contributed by atoms with van der Waals surface area (Å²) in [6.45, 7) is 5.07. The van der Waals surface area contributed by atoms with Gasteiger partial charge in [-0.15, -0.1) is 0 Å². The summed E-state index contributed by atoms with van der Waals surface area (Å²) >= 11 is 0. The molecule has 5 heterocycles. The summed E-state index contributed by atoms with van der Waals surface area (Å²) in [5.74, 6) is 0.616. The minimum Gasteiger partial charge on any atom is -0.451 e. The maximum absolute atomic E-state index is 12.5. The van der Waals surface area contributed by atoms with E-state index in [2.05, 4.69) is 27.4 Å². The van der Waals surface area contributed by atoms with Gasteiger partial charge in [0.15, 0.2) is 11.4 Å². The number of nitrogens with zero attached hydrogens (tertiary/aromatic N) is 5. The standard InChI is InChI=1S/C22H24N6O3/c1-22(6-8-30-9-7-22)14-27-13-17(11-25-27)18-3-4-19(31-18)21(29)23-10-16-2-5-20-24-15-26-28(20)12-16/h2-5,11-13,15H,6-10,14H2,1H3,(H,23,29). The van der Waals surface area contributed by atoms with Gasteiger partial charge in [-0.1, -0.05) is 13.0 Å². The third kappa shape index (κ3) is 4.22. The fourth-order valence-corrected chi connectivity index (χ4v) is 3.84. The van der Waals surface area contributed by atoms with Crippen LogP contribution in [0.5, 0.6) is 0 Å². The van der Waals surface area contributed by atoms with E-state index in [4.69, 9.17) is 9.15 Å². The van der Waals surface area contributed by atoms with Crippen LogP contribution in [0.3, 0.4) is 0 Å². The molecular weight excluding hydrogens is 396 g/mol. The molecule has 31 heavy (non-hydrogen) atoms. The molecule has 0 unspecified atom stereocenters. The summed E-state index contributed by atoms with van der Waals surface area (Å²) in [5, 5.41) is 11.5. The van der Waals surface area contributed by atoms with Gasteiger partial charge >= 0.3 is 0 Å². The van der Waals surface area contributed by atoms with Crippen molar-refractivity contribution in [1.29, 1.82) is 0 Å². The number of carbonyl (C=O) groups is 1. The van der Waals surface area contributed by atoms with E-state index in [1.54, 1.807) is 22.8 Å². The maximum atomic E-state index is 12.5. The van der Waals surface area contributed by atoms with E-state index < -0.39 is 0 Å². The molecule has 0 bridgehead atoms. The van der Waals surface area contributed by atoms with E-state index in [0.29, 0.717) is 12.3 Å².